The van der Waals surface area contributed by atoms with Gasteiger partial charge in [-0.2, -0.15) is 0 Å². The zero-order valence-corrected chi connectivity index (χ0v) is 18.5. The molecule has 4 rings (SSSR count). The number of rotatable bonds is 4. The van der Waals surface area contributed by atoms with E-state index in [1.54, 1.807) is 21.8 Å². The summed E-state index contributed by atoms with van der Waals surface area (Å²) in [5.74, 6) is 0.381. The maximum Gasteiger partial charge on any atom is 0.226 e. The van der Waals surface area contributed by atoms with E-state index in [1.165, 1.54) is 0 Å². The molecule has 158 valence electrons. The number of anilines is 2. The summed E-state index contributed by atoms with van der Waals surface area (Å²) in [5.41, 5.74) is 3.73. The van der Waals surface area contributed by atoms with Crippen LogP contribution < -0.4 is 9.80 Å². The third kappa shape index (κ3) is 4.14. The summed E-state index contributed by atoms with van der Waals surface area (Å²) in [7, 11) is 3.92. The van der Waals surface area contributed by atoms with Crippen molar-refractivity contribution < 1.29 is 8.78 Å². The van der Waals surface area contributed by atoms with E-state index in [0.29, 0.717) is 23.9 Å². The van der Waals surface area contributed by atoms with E-state index in [2.05, 4.69) is 36.2 Å². The average molecular weight is 478 g/mol. The Balaban J connectivity index is 1.67. The largest absolute Gasteiger partial charge is 0.376 e. The van der Waals surface area contributed by atoms with Crippen LogP contribution in [-0.4, -0.2) is 64.5 Å². The standard InChI is InChI=1S/C20H22BrF2N7/c1-12-8-16(25-20(24-12)29-7-6-14(22)15(23)10-29)17-11-30(27-26-17)18-5-4-13(21)9-19(18)28(2)3/h4-5,8-9,11,14-15H,6-7,10H2,1-3H3. The van der Waals surface area contributed by atoms with Crippen LogP contribution in [0.4, 0.5) is 20.4 Å². The fourth-order valence-electron chi connectivity index (χ4n) is 3.43. The van der Waals surface area contributed by atoms with E-state index in [-0.39, 0.29) is 13.0 Å². The van der Waals surface area contributed by atoms with Crippen molar-refractivity contribution in [3.63, 3.8) is 0 Å². The second-order valence-corrected chi connectivity index (χ2v) is 8.45. The lowest BCUT2D eigenvalue weighted by atomic mass is 10.1. The SMILES string of the molecule is Cc1cc(-c2cn(-c3ccc(Br)cc3N(C)C)nn2)nc(N2CCC(F)C(F)C2)n1. The number of hydrogen-bond donors (Lipinski definition) is 0. The van der Waals surface area contributed by atoms with Gasteiger partial charge in [-0.3, -0.25) is 0 Å². The van der Waals surface area contributed by atoms with Crippen molar-refractivity contribution in [2.75, 3.05) is 37.0 Å². The second-order valence-electron chi connectivity index (χ2n) is 7.54. The number of piperidine rings is 1. The zero-order valence-electron chi connectivity index (χ0n) is 16.9. The van der Waals surface area contributed by atoms with E-state index in [0.717, 1.165) is 21.5 Å². The molecule has 7 nitrogen and oxygen atoms in total. The monoisotopic (exact) mass is 477 g/mol. The number of benzene rings is 1. The van der Waals surface area contributed by atoms with Crippen LogP contribution >= 0.6 is 15.9 Å². The van der Waals surface area contributed by atoms with E-state index < -0.39 is 12.3 Å². The van der Waals surface area contributed by atoms with Crippen LogP contribution in [0.5, 0.6) is 0 Å². The van der Waals surface area contributed by atoms with E-state index in [4.69, 9.17) is 0 Å². The highest BCUT2D eigenvalue weighted by atomic mass is 79.9. The van der Waals surface area contributed by atoms with Crippen molar-refractivity contribution in [3.05, 3.63) is 40.6 Å². The van der Waals surface area contributed by atoms with Crippen molar-refractivity contribution in [1.82, 2.24) is 25.0 Å². The molecule has 1 fully saturated rings. The van der Waals surface area contributed by atoms with Gasteiger partial charge in [0.1, 0.15) is 18.0 Å². The third-order valence-electron chi connectivity index (χ3n) is 5.01. The maximum absolute atomic E-state index is 13.9. The Morgan fingerprint density at radius 3 is 2.63 bits per heavy atom. The predicted octanol–water partition coefficient (Wildman–Crippen LogP) is 3.75. The molecule has 3 heterocycles. The summed E-state index contributed by atoms with van der Waals surface area (Å²) in [6, 6.07) is 7.71. The molecule has 0 N–H and O–H groups in total. The van der Waals surface area contributed by atoms with E-state index >= 15 is 0 Å². The van der Waals surface area contributed by atoms with Gasteiger partial charge in [-0.15, -0.1) is 5.10 Å². The molecular weight excluding hydrogens is 456 g/mol. The van der Waals surface area contributed by atoms with Gasteiger partial charge in [0.15, 0.2) is 0 Å². The van der Waals surface area contributed by atoms with Crippen molar-refractivity contribution in [1.29, 1.82) is 0 Å². The molecule has 2 aromatic heterocycles. The fraction of sp³-hybridized carbons (Fsp3) is 0.400. The van der Waals surface area contributed by atoms with Crippen LogP contribution in [-0.2, 0) is 0 Å². The quantitative estimate of drug-likeness (QED) is 0.570. The zero-order chi connectivity index (χ0) is 21.4. The molecule has 0 aliphatic carbocycles. The first kappa shape index (κ1) is 20.6. The first-order valence-corrected chi connectivity index (χ1v) is 10.4. The minimum absolute atomic E-state index is 0.0537. The van der Waals surface area contributed by atoms with Crippen LogP contribution in [0.15, 0.2) is 34.9 Å². The molecule has 0 saturated carbocycles. The molecule has 1 aromatic carbocycles. The summed E-state index contributed by atoms with van der Waals surface area (Å²) in [6.07, 6.45) is -1.04. The number of halogens is 3. The topological polar surface area (TPSA) is 63.0 Å². The summed E-state index contributed by atoms with van der Waals surface area (Å²) in [4.78, 5) is 12.6. The minimum atomic E-state index is -1.53. The molecule has 2 atom stereocenters. The summed E-state index contributed by atoms with van der Waals surface area (Å²) >= 11 is 3.50. The van der Waals surface area contributed by atoms with Crippen molar-refractivity contribution in [3.8, 4) is 17.1 Å². The number of alkyl halides is 2. The maximum atomic E-state index is 13.9. The number of aromatic nitrogens is 5. The molecule has 10 heteroatoms. The van der Waals surface area contributed by atoms with Gasteiger partial charge >= 0.3 is 0 Å². The Bertz CT molecular complexity index is 1060. The molecular formula is C20H22BrF2N7. The number of hydrogen-bond acceptors (Lipinski definition) is 6. The van der Waals surface area contributed by atoms with Gasteiger partial charge in [-0.1, -0.05) is 21.1 Å². The summed E-state index contributed by atoms with van der Waals surface area (Å²) < 4.78 is 30.0. The van der Waals surface area contributed by atoms with Gasteiger partial charge in [0.25, 0.3) is 0 Å². The molecule has 30 heavy (non-hydrogen) atoms. The highest BCUT2D eigenvalue weighted by molar-refractivity contribution is 9.10. The van der Waals surface area contributed by atoms with Gasteiger partial charge in [-0.05, 0) is 37.6 Å². The molecule has 1 aliphatic rings. The van der Waals surface area contributed by atoms with Crippen molar-refractivity contribution in [2.45, 2.75) is 25.7 Å². The van der Waals surface area contributed by atoms with Crippen molar-refractivity contribution >= 4 is 27.6 Å². The van der Waals surface area contributed by atoms with Crippen LogP contribution in [0.2, 0.25) is 0 Å². The van der Waals surface area contributed by atoms with Gasteiger partial charge in [0.05, 0.1) is 29.8 Å². The highest BCUT2D eigenvalue weighted by Crippen LogP contribution is 2.28. The fourth-order valence-corrected chi connectivity index (χ4v) is 3.78. The van der Waals surface area contributed by atoms with E-state index in [9.17, 15) is 8.78 Å². The number of nitrogens with zero attached hydrogens (tertiary/aromatic N) is 7. The molecule has 1 aliphatic heterocycles. The first-order valence-electron chi connectivity index (χ1n) is 9.60. The summed E-state index contributed by atoms with van der Waals surface area (Å²) in [5, 5.41) is 8.55. The minimum Gasteiger partial charge on any atom is -0.376 e. The predicted molar refractivity (Wildman–Crippen MR) is 116 cm³/mol. The number of aryl methyl sites for hydroxylation is 1. The van der Waals surface area contributed by atoms with Gasteiger partial charge in [0.2, 0.25) is 5.95 Å². The Morgan fingerprint density at radius 2 is 1.90 bits per heavy atom. The smallest absolute Gasteiger partial charge is 0.226 e. The Hall–Kier alpha value is -2.62. The second kappa shape index (κ2) is 8.25. The third-order valence-corrected chi connectivity index (χ3v) is 5.50. The average Bonchev–Trinajstić information content (AvgIpc) is 3.19. The molecule has 0 spiro atoms. The molecule has 1 saturated heterocycles. The highest BCUT2D eigenvalue weighted by Gasteiger charge is 2.30. The lowest BCUT2D eigenvalue weighted by Crippen LogP contribution is -2.43. The Morgan fingerprint density at radius 1 is 1.10 bits per heavy atom. The molecule has 0 radical (unpaired) electrons. The van der Waals surface area contributed by atoms with Crippen LogP contribution in [0.25, 0.3) is 17.1 Å². The normalized spacial score (nSPS) is 19.2. The Kier molecular flexibility index (Phi) is 5.68. The van der Waals surface area contributed by atoms with Crippen molar-refractivity contribution in [2.24, 2.45) is 0 Å². The molecule has 0 amide bonds. The van der Waals surface area contributed by atoms with Crippen LogP contribution in [0, 0.1) is 6.92 Å². The summed E-state index contributed by atoms with van der Waals surface area (Å²) in [6.45, 7) is 2.16. The van der Waals surface area contributed by atoms with E-state index in [1.807, 2.05) is 44.1 Å². The van der Waals surface area contributed by atoms with Crippen LogP contribution in [0.3, 0.4) is 0 Å². The lowest BCUT2D eigenvalue weighted by Gasteiger charge is -2.31. The molecule has 2 unspecified atom stereocenters. The first-order chi connectivity index (χ1) is 14.3. The van der Waals surface area contributed by atoms with Gasteiger partial charge in [-0.25, -0.2) is 23.4 Å². The molecule has 0 bridgehead atoms. The van der Waals surface area contributed by atoms with Gasteiger partial charge in [0, 0.05) is 30.8 Å². The van der Waals surface area contributed by atoms with Gasteiger partial charge < -0.3 is 9.80 Å². The van der Waals surface area contributed by atoms with Crippen LogP contribution in [0.1, 0.15) is 12.1 Å². The Labute approximate surface area is 181 Å². The lowest BCUT2D eigenvalue weighted by molar-refractivity contribution is 0.143. The molecule has 3 aromatic rings.